The van der Waals surface area contributed by atoms with E-state index in [1.165, 1.54) is 0 Å². The van der Waals surface area contributed by atoms with E-state index in [1.54, 1.807) is 29.9 Å². The number of benzene rings is 2. The number of fused-ring (bicyclic) bond motifs is 1. The van der Waals surface area contributed by atoms with Gasteiger partial charge in [0, 0.05) is 22.2 Å². The van der Waals surface area contributed by atoms with Crippen LogP contribution in [0.5, 0.6) is 5.75 Å². The van der Waals surface area contributed by atoms with Crippen molar-refractivity contribution < 1.29 is 14.6 Å². The second-order valence-corrected chi connectivity index (χ2v) is 6.08. The molecule has 2 aromatic carbocycles. The normalized spacial score (nSPS) is 11.0. The lowest BCUT2D eigenvalue weighted by molar-refractivity contribution is 0.0962. The molecular formula is C18H16BrNO3. The average molecular weight is 374 g/mol. The maximum Gasteiger partial charge on any atom is 0.262 e. The van der Waals surface area contributed by atoms with Gasteiger partial charge in [-0.15, -0.1) is 0 Å². The fourth-order valence-electron chi connectivity index (χ4n) is 2.82. The van der Waals surface area contributed by atoms with Gasteiger partial charge in [-0.25, -0.2) is 0 Å². The minimum Gasteiger partial charge on any atom is -0.496 e. The Morgan fingerprint density at radius 3 is 2.65 bits per heavy atom. The molecule has 3 rings (SSSR count). The Hall–Kier alpha value is -2.11. The Kier molecular flexibility index (Phi) is 4.24. The molecule has 0 spiro atoms. The zero-order valence-corrected chi connectivity index (χ0v) is 14.4. The minimum absolute atomic E-state index is 0.0983. The number of aliphatic hydroxyl groups is 1. The molecular weight excluding hydrogens is 358 g/mol. The van der Waals surface area contributed by atoms with Crippen LogP contribution in [0.4, 0.5) is 0 Å². The number of aliphatic hydroxyl groups excluding tert-OH is 1. The number of hydrogen-bond acceptors (Lipinski definition) is 3. The minimum atomic E-state index is -0.137. The molecule has 23 heavy (non-hydrogen) atoms. The molecule has 4 nitrogen and oxygen atoms in total. The first-order valence-corrected chi connectivity index (χ1v) is 7.95. The molecule has 0 atom stereocenters. The van der Waals surface area contributed by atoms with Gasteiger partial charge in [0.25, 0.3) is 5.91 Å². The SMILES string of the molecule is COc1ccc(C(=O)n2c(C)c(CO)c3ccccc32)cc1Br. The maximum atomic E-state index is 13.0. The fraction of sp³-hybridized carbons (Fsp3) is 0.167. The predicted octanol–water partition coefficient (Wildman–Crippen LogP) is 3.90. The first-order chi connectivity index (χ1) is 11.1. The number of carbonyl (C=O) groups excluding carboxylic acids is 1. The molecule has 0 saturated heterocycles. The number of methoxy groups -OCH3 is 1. The smallest absolute Gasteiger partial charge is 0.262 e. The van der Waals surface area contributed by atoms with Crippen molar-refractivity contribution in [1.82, 2.24) is 4.57 Å². The molecule has 118 valence electrons. The van der Waals surface area contributed by atoms with Crippen molar-refractivity contribution in [3.8, 4) is 5.75 Å². The number of halogens is 1. The van der Waals surface area contributed by atoms with Gasteiger partial charge in [-0.2, -0.15) is 0 Å². The molecule has 1 aromatic heterocycles. The van der Waals surface area contributed by atoms with Crippen molar-refractivity contribution in [2.24, 2.45) is 0 Å². The average Bonchev–Trinajstić information content (AvgIpc) is 2.85. The van der Waals surface area contributed by atoms with Crippen molar-refractivity contribution >= 4 is 32.7 Å². The highest BCUT2D eigenvalue weighted by molar-refractivity contribution is 9.10. The van der Waals surface area contributed by atoms with E-state index in [0.717, 1.165) is 26.6 Å². The van der Waals surface area contributed by atoms with Crippen molar-refractivity contribution in [1.29, 1.82) is 0 Å². The molecule has 5 heteroatoms. The lowest BCUT2D eigenvalue weighted by Gasteiger charge is -2.09. The van der Waals surface area contributed by atoms with E-state index in [0.29, 0.717) is 11.3 Å². The van der Waals surface area contributed by atoms with Gasteiger partial charge in [0.05, 0.1) is 23.7 Å². The highest BCUT2D eigenvalue weighted by Crippen LogP contribution is 2.29. The van der Waals surface area contributed by atoms with E-state index in [4.69, 9.17) is 4.74 Å². The molecule has 0 saturated carbocycles. The van der Waals surface area contributed by atoms with Crippen molar-refractivity contribution in [2.45, 2.75) is 13.5 Å². The maximum absolute atomic E-state index is 13.0. The molecule has 3 aromatic rings. The summed E-state index contributed by atoms with van der Waals surface area (Å²) in [4.78, 5) is 13.0. The lowest BCUT2D eigenvalue weighted by Crippen LogP contribution is -2.13. The number of aromatic nitrogens is 1. The summed E-state index contributed by atoms with van der Waals surface area (Å²) < 4.78 is 7.58. The van der Waals surface area contributed by atoms with Gasteiger partial charge in [0.15, 0.2) is 0 Å². The van der Waals surface area contributed by atoms with Gasteiger partial charge >= 0.3 is 0 Å². The van der Waals surface area contributed by atoms with Crippen molar-refractivity contribution in [3.63, 3.8) is 0 Å². The summed E-state index contributed by atoms with van der Waals surface area (Å²) in [6.45, 7) is 1.75. The van der Waals surface area contributed by atoms with Gasteiger partial charge in [-0.1, -0.05) is 18.2 Å². The van der Waals surface area contributed by atoms with Crippen LogP contribution in [-0.2, 0) is 6.61 Å². The van der Waals surface area contributed by atoms with Crippen molar-refractivity contribution in [2.75, 3.05) is 7.11 Å². The summed E-state index contributed by atoms with van der Waals surface area (Å²) in [7, 11) is 1.58. The number of carbonyl (C=O) groups is 1. The largest absolute Gasteiger partial charge is 0.496 e. The number of rotatable bonds is 3. The van der Waals surface area contributed by atoms with Crippen LogP contribution in [-0.4, -0.2) is 22.7 Å². The van der Waals surface area contributed by atoms with Gasteiger partial charge in [-0.3, -0.25) is 9.36 Å². The van der Waals surface area contributed by atoms with Crippen LogP contribution >= 0.6 is 15.9 Å². The van der Waals surface area contributed by atoms with Gasteiger partial charge in [-0.05, 0) is 47.1 Å². The van der Waals surface area contributed by atoms with E-state index >= 15 is 0 Å². The molecule has 0 radical (unpaired) electrons. The Labute approximate surface area is 142 Å². The number of para-hydroxylation sites is 1. The number of hydrogen-bond donors (Lipinski definition) is 1. The third-order valence-electron chi connectivity index (χ3n) is 4.00. The van der Waals surface area contributed by atoms with E-state index in [-0.39, 0.29) is 12.5 Å². The predicted molar refractivity (Wildman–Crippen MR) is 93.0 cm³/mol. The molecule has 0 fully saturated rings. The van der Waals surface area contributed by atoms with Crippen LogP contribution in [0.2, 0.25) is 0 Å². The third kappa shape index (κ3) is 2.56. The zero-order valence-electron chi connectivity index (χ0n) is 12.8. The summed E-state index contributed by atoms with van der Waals surface area (Å²) >= 11 is 3.41. The Morgan fingerprint density at radius 2 is 2.00 bits per heavy atom. The standard InChI is InChI=1S/C18H16BrNO3/c1-11-14(10-21)13-5-3-4-6-16(13)20(11)18(22)12-7-8-17(23-2)15(19)9-12/h3-9,21H,10H2,1-2H3. The van der Waals surface area contributed by atoms with Gasteiger partial charge in [0.2, 0.25) is 0 Å². The Morgan fingerprint density at radius 1 is 1.26 bits per heavy atom. The van der Waals surface area contributed by atoms with Crippen molar-refractivity contribution in [3.05, 3.63) is 63.8 Å². The summed E-state index contributed by atoms with van der Waals surface area (Å²) in [6, 6.07) is 12.8. The van der Waals surface area contributed by atoms with Crippen LogP contribution < -0.4 is 4.74 Å². The lowest BCUT2D eigenvalue weighted by atomic mass is 10.1. The summed E-state index contributed by atoms with van der Waals surface area (Å²) in [5.74, 6) is 0.536. The van der Waals surface area contributed by atoms with Crippen LogP contribution in [0.15, 0.2) is 46.9 Å². The van der Waals surface area contributed by atoms with Gasteiger partial charge < -0.3 is 9.84 Å². The molecule has 1 N–H and O–H groups in total. The molecule has 0 bridgehead atoms. The molecule has 0 aliphatic carbocycles. The molecule has 0 aliphatic heterocycles. The zero-order chi connectivity index (χ0) is 16.6. The summed E-state index contributed by atoms with van der Waals surface area (Å²) in [5, 5.41) is 10.5. The number of nitrogens with zero attached hydrogens (tertiary/aromatic N) is 1. The fourth-order valence-corrected chi connectivity index (χ4v) is 3.36. The highest BCUT2D eigenvalue weighted by Gasteiger charge is 2.19. The van der Waals surface area contributed by atoms with Gasteiger partial charge in [0.1, 0.15) is 5.75 Å². The van der Waals surface area contributed by atoms with E-state index in [2.05, 4.69) is 15.9 Å². The van der Waals surface area contributed by atoms with Crippen LogP contribution in [0.3, 0.4) is 0 Å². The first-order valence-electron chi connectivity index (χ1n) is 7.16. The Balaban J connectivity index is 2.18. The Bertz CT molecular complexity index is 899. The molecule has 0 amide bonds. The van der Waals surface area contributed by atoms with Crippen LogP contribution in [0, 0.1) is 6.92 Å². The molecule has 0 aliphatic rings. The van der Waals surface area contributed by atoms with E-state index < -0.39 is 0 Å². The highest BCUT2D eigenvalue weighted by atomic mass is 79.9. The van der Waals surface area contributed by atoms with Crippen LogP contribution in [0.25, 0.3) is 10.9 Å². The second kappa shape index (κ2) is 6.18. The first kappa shape index (κ1) is 15.8. The van der Waals surface area contributed by atoms with Crippen LogP contribution in [0.1, 0.15) is 21.6 Å². The summed E-state index contributed by atoms with van der Waals surface area (Å²) in [6.07, 6.45) is 0. The molecule has 0 unspecified atom stereocenters. The topological polar surface area (TPSA) is 51.5 Å². The quantitative estimate of drug-likeness (QED) is 0.757. The summed E-state index contributed by atoms with van der Waals surface area (Å²) in [5.41, 5.74) is 2.88. The second-order valence-electron chi connectivity index (χ2n) is 5.23. The number of ether oxygens (including phenoxy) is 1. The van der Waals surface area contributed by atoms with E-state index in [9.17, 15) is 9.90 Å². The molecule has 1 heterocycles. The third-order valence-corrected chi connectivity index (χ3v) is 4.62. The van der Waals surface area contributed by atoms with E-state index in [1.807, 2.05) is 31.2 Å². The monoisotopic (exact) mass is 373 g/mol.